The van der Waals surface area contributed by atoms with Gasteiger partial charge in [0.1, 0.15) is 0 Å². The molecule has 0 spiro atoms. The normalized spacial score (nSPS) is 27.0. The number of rotatable bonds is 6. The number of nitrogens with one attached hydrogen (secondary N) is 2. The average molecular weight is 317 g/mol. The monoisotopic (exact) mass is 317 g/mol. The van der Waals surface area contributed by atoms with E-state index in [0.29, 0.717) is 18.9 Å². The fourth-order valence-electron chi connectivity index (χ4n) is 3.22. The molecule has 0 bridgehead atoms. The second-order valence-electron chi connectivity index (χ2n) is 6.25. The van der Waals surface area contributed by atoms with Gasteiger partial charge in [-0.25, -0.2) is 13.1 Å². The number of piperidine rings is 1. The molecule has 2 aliphatic heterocycles. The van der Waals surface area contributed by atoms with E-state index in [1.165, 1.54) is 0 Å². The Bertz CT molecular complexity index is 446. The van der Waals surface area contributed by atoms with Crippen molar-refractivity contribution >= 4 is 15.9 Å². The van der Waals surface area contributed by atoms with Crippen LogP contribution in [0.5, 0.6) is 0 Å². The lowest BCUT2D eigenvalue weighted by molar-refractivity contribution is -0.135. The van der Waals surface area contributed by atoms with E-state index in [-0.39, 0.29) is 11.9 Å². The Morgan fingerprint density at radius 3 is 2.81 bits per heavy atom. The Kier molecular flexibility index (Phi) is 6.01. The van der Waals surface area contributed by atoms with Gasteiger partial charge in [-0.15, -0.1) is 0 Å². The molecule has 0 aromatic rings. The van der Waals surface area contributed by atoms with Crippen molar-refractivity contribution in [3.8, 4) is 0 Å². The number of sulfonamides is 1. The first-order valence-corrected chi connectivity index (χ1v) is 9.79. The molecule has 0 radical (unpaired) electrons. The summed E-state index contributed by atoms with van der Waals surface area (Å²) in [5.74, 6) is 0.799. The van der Waals surface area contributed by atoms with Crippen LogP contribution >= 0.6 is 0 Å². The van der Waals surface area contributed by atoms with Gasteiger partial charge in [0, 0.05) is 25.6 Å². The standard InChI is InChI=1S/C14H27N3O3S/c1-21(19,20)16-11-13-4-2-3-9-17(13)14(18)6-5-12-7-8-15-10-12/h12-13,15-16H,2-11H2,1H3. The van der Waals surface area contributed by atoms with Crippen LogP contribution in [0.25, 0.3) is 0 Å². The van der Waals surface area contributed by atoms with E-state index < -0.39 is 10.0 Å². The maximum absolute atomic E-state index is 12.4. The van der Waals surface area contributed by atoms with Gasteiger partial charge in [-0.3, -0.25) is 4.79 Å². The SMILES string of the molecule is CS(=O)(=O)NCC1CCCCN1C(=O)CCC1CCNC1. The van der Waals surface area contributed by atoms with Crippen LogP contribution in [-0.2, 0) is 14.8 Å². The van der Waals surface area contributed by atoms with Crippen molar-refractivity contribution in [2.75, 3.05) is 32.4 Å². The minimum atomic E-state index is -3.19. The molecular weight excluding hydrogens is 290 g/mol. The van der Waals surface area contributed by atoms with Gasteiger partial charge >= 0.3 is 0 Å². The minimum absolute atomic E-state index is 0.0164. The maximum Gasteiger partial charge on any atom is 0.222 e. The van der Waals surface area contributed by atoms with Crippen LogP contribution in [-0.4, -0.2) is 57.7 Å². The number of amides is 1. The Hall–Kier alpha value is -0.660. The highest BCUT2D eigenvalue weighted by Gasteiger charge is 2.27. The van der Waals surface area contributed by atoms with Crippen LogP contribution in [0.1, 0.15) is 38.5 Å². The lowest BCUT2D eigenvalue weighted by atomic mass is 9.99. The molecule has 0 saturated carbocycles. The molecule has 2 fully saturated rings. The van der Waals surface area contributed by atoms with Crippen molar-refractivity contribution in [1.82, 2.24) is 14.9 Å². The second-order valence-corrected chi connectivity index (χ2v) is 8.09. The molecule has 2 heterocycles. The number of likely N-dealkylation sites (tertiary alicyclic amines) is 1. The summed E-state index contributed by atoms with van der Waals surface area (Å²) in [6, 6.07) is 0.0164. The lowest BCUT2D eigenvalue weighted by Crippen LogP contribution is -2.49. The molecule has 0 aromatic heterocycles. The van der Waals surface area contributed by atoms with Gasteiger partial charge in [-0.2, -0.15) is 0 Å². The van der Waals surface area contributed by atoms with E-state index in [0.717, 1.165) is 58.0 Å². The summed E-state index contributed by atoms with van der Waals surface area (Å²) >= 11 is 0. The first-order valence-electron chi connectivity index (χ1n) is 7.90. The predicted molar refractivity (Wildman–Crippen MR) is 82.4 cm³/mol. The summed E-state index contributed by atoms with van der Waals surface area (Å²) in [6.07, 6.45) is 6.81. The highest BCUT2D eigenvalue weighted by molar-refractivity contribution is 7.88. The second kappa shape index (κ2) is 7.56. The van der Waals surface area contributed by atoms with Gasteiger partial charge in [-0.05, 0) is 51.1 Å². The van der Waals surface area contributed by atoms with Crippen LogP contribution < -0.4 is 10.0 Å². The third-order valence-corrected chi connectivity index (χ3v) is 5.15. The molecule has 6 nitrogen and oxygen atoms in total. The largest absolute Gasteiger partial charge is 0.338 e. The number of carbonyl (C=O) groups is 1. The Morgan fingerprint density at radius 2 is 2.14 bits per heavy atom. The summed E-state index contributed by atoms with van der Waals surface area (Å²) in [4.78, 5) is 14.3. The fraction of sp³-hybridized carbons (Fsp3) is 0.929. The molecule has 2 rings (SSSR count). The summed E-state index contributed by atoms with van der Waals surface area (Å²) in [7, 11) is -3.19. The van der Waals surface area contributed by atoms with Gasteiger partial charge in [0.05, 0.1) is 6.26 Å². The van der Waals surface area contributed by atoms with E-state index in [1.54, 1.807) is 0 Å². The summed E-state index contributed by atoms with van der Waals surface area (Å²) in [5, 5.41) is 3.32. The van der Waals surface area contributed by atoms with Gasteiger partial charge in [-0.1, -0.05) is 0 Å². The molecule has 1 amide bonds. The van der Waals surface area contributed by atoms with E-state index in [1.807, 2.05) is 4.90 Å². The third-order valence-electron chi connectivity index (χ3n) is 4.46. The highest BCUT2D eigenvalue weighted by Crippen LogP contribution is 2.20. The zero-order chi connectivity index (χ0) is 15.3. The van der Waals surface area contributed by atoms with Crippen molar-refractivity contribution in [3.05, 3.63) is 0 Å². The molecule has 21 heavy (non-hydrogen) atoms. The minimum Gasteiger partial charge on any atom is -0.338 e. The summed E-state index contributed by atoms with van der Waals surface area (Å²) in [6.45, 7) is 3.18. The van der Waals surface area contributed by atoms with Gasteiger partial charge in [0.2, 0.25) is 15.9 Å². The zero-order valence-electron chi connectivity index (χ0n) is 12.8. The maximum atomic E-state index is 12.4. The molecule has 0 aliphatic carbocycles. The van der Waals surface area contributed by atoms with Crippen LogP contribution in [0, 0.1) is 5.92 Å². The smallest absolute Gasteiger partial charge is 0.222 e. The number of hydrogen-bond donors (Lipinski definition) is 2. The van der Waals surface area contributed by atoms with E-state index in [2.05, 4.69) is 10.0 Å². The molecule has 2 atom stereocenters. The molecule has 2 N–H and O–H groups in total. The quantitative estimate of drug-likeness (QED) is 0.739. The predicted octanol–water partition coefficient (Wildman–Crippen LogP) is 0.306. The highest BCUT2D eigenvalue weighted by atomic mass is 32.2. The molecule has 122 valence electrons. The van der Waals surface area contributed by atoms with E-state index >= 15 is 0 Å². The fourth-order valence-corrected chi connectivity index (χ4v) is 3.72. The molecule has 0 aromatic carbocycles. The number of hydrogen-bond acceptors (Lipinski definition) is 4. The van der Waals surface area contributed by atoms with Crippen molar-refractivity contribution in [3.63, 3.8) is 0 Å². The van der Waals surface area contributed by atoms with Crippen molar-refractivity contribution in [2.24, 2.45) is 5.92 Å². The van der Waals surface area contributed by atoms with Crippen LogP contribution in [0.4, 0.5) is 0 Å². The van der Waals surface area contributed by atoms with Gasteiger partial charge in [0.25, 0.3) is 0 Å². The number of nitrogens with zero attached hydrogens (tertiary/aromatic N) is 1. The third kappa shape index (κ3) is 5.56. The molecule has 7 heteroatoms. The molecular formula is C14H27N3O3S. The van der Waals surface area contributed by atoms with Crippen LogP contribution in [0.2, 0.25) is 0 Å². The van der Waals surface area contributed by atoms with E-state index in [9.17, 15) is 13.2 Å². The van der Waals surface area contributed by atoms with Crippen molar-refractivity contribution in [1.29, 1.82) is 0 Å². The molecule has 2 unspecified atom stereocenters. The Labute approximate surface area is 127 Å². The summed E-state index contributed by atoms with van der Waals surface area (Å²) in [5.41, 5.74) is 0. The first kappa shape index (κ1) is 16.7. The van der Waals surface area contributed by atoms with Crippen molar-refractivity contribution in [2.45, 2.75) is 44.6 Å². The first-order chi connectivity index (χ1) is 9.96. The van der Waals surface area contributed by atoms with Crippen molar-refractivity contribution < 1.29 is 13.2 Å². The van der Waals surface area contributed by atoms with Gasteiger partial charge in [0.15, 0.2) is 0 Å². The topological polar surface area (TPSA) is 78.5 Å². The van der Waals surface area contributed by atoms with Crippen LogP contribution in [0.15, 0.2) is 0 Å². The van der Waals surface area contributed by atoms with Crippen LogP contribution in [0.3, 0.4) is 0 Å². The number of carbonyl (C=O) groups excluding carboxylic acids is 1. The molecule has 2 saturated heterocycles. The zero-order valence-corrected chi connectivity index (χ0v) is 13.6. The summed E-state index contributed by atoms with van der Waals surface area (Å²) < 4.78 is 25.0. The average Bonchev–Trinajstić information content (AvgIpc) is 2.95. The van der Waals surface area contributed by atoms with Gasteiger partial charge < -0.3 is 10.2 Å². The van der Waals surface area contributed by atoms with E-state index in [4.69, 9.17) is 0 Å². The molecule has 2 aliphatic rings. The Morgan fingerprint density at radius 1 is 1.33 bits per heavy atom. The lowest BCUT2D eigenvalue weighted by Gasteiger charge is -2.36. The Balaban J connectivity index is 1.83.